The first-order chi connectivity index (χ1) is 18.7. The van der Waals surface area contributed by atoms with Crippen LogP contribution in [0, 0.1) is 12.8 Å². The molecule has 38 heavy (non-hydrogen) atoms. The topological polar surface area (TPSA) is 81.1 Å². The fraction of sp³-hybridized carbons (Fsp3) is 0.323. The zero-order valence-electron chi connectivity index (χ0n) is 21.6. The van der Waals surface area contributed by atoms with Gasteiger partial charge in [0.15, 0.2) is 0 Å². The number of hydrogen-bond acceptors (Lipinski definition) is 7. The van der Waals surface area contributed by atoms with Gasteiger partial charge in [-0.25, -0.2) is 0 Å². The van der Waals surface area contributed by atoms with E-state index in [9.17, 15) is 5.11 Å². The number of aromatic nitrogens is 1. The standard InChI is InChI=1S/C31H32N2O5/c1-21-30(20-35-25-9-10-27-24(13-25)14-26(18-34)37-27)38-29-8-2-7-28(31(21)29)36-19-23-6-4-12-33(17-23)16-22-5-3-11-32-15-22/h2-3,5,7-11,13-15,23,34H,4,6,12,16-20H2,1H3. The van der Waals surface area contributed by atoms with E-state index in [2.05, 4.69) is 22.9 Å². The molecule has 1 atom stereocenters. The molecule has 1 aliphatic rings. The van der Waals surface area contributed by atoms with Gasteiger partial charge in [0.1, 0.15) is 47.4 Å². The molecule has 0 aliphatic carbocycles. The monoisotopic (exact) mass is 512 g/mol. The van der Waals surface area contributed by atoms with E-state index in [1.54, 1.807) is 0 Å². The van der Waals surface area contributed by atoms with E-state index in [1.807, 2.05) is 60.9 Å². The Morgan fingerprint density at radius 2 is 2.00 bits per heavy atom. The minimum absolute atomic E-state index is 0.127. The van der Waals surface area contributed by atoms with Crippen molar-refractivity contribution in [2.24, 2.45) is 5.92 Å². The van der Waals surface area contributed by atoms with Crippen LogP contribution in [0.2, 0.25) is 0 Å². The molecule has 1 unspecified atom stereocenters. The molecule has 0 amide bonds. The van der Waals surface area contributed by atoms with E-state index in [4.69, 9.17) is 18.3 Å². The summed E-state index contributed by atoms with van der Waals surface area (Å²) < 4.78 is 24.2. The van der Waals surface area contributed by atoms with Crippen LogP contribution in [0.25, 0.3) is 21.9 Å². The van der Waals surface area contributed by atoms with Crippen LogP contribution in [0.3, 0.4) is 0 Å². The van der Waals surface area contributed by atoms with Crippen molar-refractivity contribution in [3.8, 4) is 11.5 Å². The second-order valence-corrected chi connectivity index (χ2v) is 10.1. The number of hydrogen-bond donors (Lipinski definition) is 1. The molecule has 196 valence electrons. The normalized spacial score (nSPS) is 16.3. The van der Waals surface area contributed by atoms with Crippen LogP contribution in [-0.2, 0) is 19.8 Å². The Morgan fingerprint density at radius 3 is 2.87 bits per heavy atom. The van der Waals surface area contributed by atoms with Crippen LogP contribution in [0.1, 0.15) is 35.5 Å². The highest BCUT2D eigenvalue weighted by Crippen LogP contribution is 2.35. The van der Waals surface area contributed by atoms with Gasteiger partial charge in [-0.1, -0.05) is 12.1 Å². The highest BCUT2D eigenvalue weighted by atomic mass is 16.5. The van der Waals surface area contributed by atoms with Crippen molar-refractivity contribution < 1.29 is 23.4 Å². The molecular formula is C31H32N2O5. The number of piperidine rings is 1. The van der Waals surface area contributed by atoms with Gasteiger partial charge in [-0.2, -0.15) is 0 Å². The van der Waals surface area contributed by atoms with Gasteiger partial charge in [0.05, 0.1) is 12.0 Å². The molecule has 0 spiro atoms. The summed E-state index contributed by atoms with van der Waals surface area (Å²) in [6, 6.07) is 17.6. The average molecular weight is 513 g/mol. The minimum Gasteiger partial charge on any atom is -0.492 e. The molecule has 7 nitrogen and oxygen atoms in total. The van der Waals surface area contributed by atoms with Crippen LogP contribution in [0.15, 0.2) is 75.8 Å². The first kappa shape index (κ1) is 24.5. The SMILES string of the molecule is Cc1c(COc2ccc3oc(CO)cc3c2)oc2cccc(OCC3CCCN(Cc4cccnc4)C3)c12. The van der Waals surface area contributed by atoms with Gasteiger partial charge in [0.2, 0.25) is 0 Å². The summed E-state index contributed by atoms with van der Waals surface area (Å²) in [6.45, 7) is 5.98. The van der Waals surface area contributed by atoms with Crippen molar-refractivity contribution in [1.82, 2.24) is 9.88 Å². The lowest BCUT2D eigenvalue weighted by Crippen LogP contribution is -2.37. The molecule has 7 heteroatoms. The lowest BCUT2D eigenvalue weighted by atomic mass is 9.98. The lowest BCUT2D eigenvalue weighted by molar-refractivity contribution is 0.125. The van der Waals surface area contributed by atoms with E-state index < -0.39 is 0 Å². The van der Waals surface area contributed by atoms with E-state index in [0.717, 1.165) is 58.6 Å². The van der Waals surface area contributed by atoms with E-state index >= 15 is 0 Å². The number of ether oxygens (including phenoxy) is 2. The van der Waals surface area contributed by atoms with Crippen molar-refractivity contribution in [1.29, 1.82) is 0 Å². The number of pyridine rings is 1. The fourth-order valence-electron chi connectivity index (χ4n) is 5.35. The molecule has 0 radical (unpaired) electrons. The van der Waals surface area contributed by atoms with Crippen molar-refractivity contribution in [3.05, 3.63) is 89.6 Å². The molecule has 3 aromatic heterocycles. The zero-order chi connectivity index (χ0) is 25.9. The van der Waals surface area contributed by atoms with Crippen molar-refractivity contribution in [3.63, 3.8) is 0 Å². The largest absolute Gasteiger partial charge is 0.492 e. The third-order valence-corrected chi connectivity index (χ3v) is 7.29. The predicted molar refractivity (Wildman–Crippen MR) is 145 cm³/mol. The quantitative estimate of drug-likeness (QED) is 0.250. The smallest absolute Gasteiger partial charge is 0.146 e. The summed E-state index contributed by atoms with van der Waals surface area (Å²) in [5, 5.41) is 11.2. The average Bonchev–Trinajstić information content (AvgIpc) is 3.51. The Hall–Kier alpha value is -3.81. The van der Waals surface area contributed by atoms with Gasteiger partial charge in [0, 0.05) is 42.4 Å². The molecule has 5 aromatic rings. The minimum atomic E-state index is -0.127. The molecule has 1 aliphatic heterocycles. The third kappa shape index (κ3) is 5.26. The Balaban J connectivity index is 1.11. The molecule has 1 fully saturated rings. The second-order valence-electron chi connectivity index (χ2n) is 10.1. The number of benzene rings is 2. The van der Waals surface area contributed by atoms with Crippen molar-refractivity contribution in [2.75, 3.05) is 19.7 Å². The number of nitrogens with zero attached hydrogens (tertiary/aromatic N) is 2. The number of fused-ring (bicyclic) bond motifs is 2. The maximum Gasteiger partial charge on any atom is 0.146 e. The van der Waals surface area contributed by atoms with Crippen LogP contribution in [0.4, 0.5) is 0 Å². The summed E-state index contributed by atoms with van der Waals surface area (Å²) in [6.07, 6.45) is 6.12. The number of likely N-dealkylation sites (tertiary alicyclic amines) is 1. The summed E-state index contributed by atoms with van der Waals surface area (Å²) in [4.78, 5) is 6.75. The van der Waals surface area contributed by atoms with Crippen LogP contribution in [-0.4, -0.2) is 34.7 Å². The lowest BCUT2D eigenvalue weighted by Gasteiger charge is -2.32. The molecule has 0 saturated carbocycles. The van der Waals surface area contributed by atoms with Crippen LogP contribution < -0.4 is 9.47 Å². The first-order valence-electron chi connectivity index (χ1n) is 13.2. The number of aryl methyl sites for hydroxylation is 1. The Morgan fingerprint density at radius 1 is 1.05 bits per heavy atom. The molecule has 1 N–H and O–H groups in total. The Bertz CT molecular complexity index is 1520. The predicted octanol–water partition coefficient (Wildman–Crippen LogP) is 6.24. The highest BCUT2D eigenvalue weighted by Gasteiger charge is 2.22. The van der Waals surface area contributed by atoms with Gasteiger partial charge in [-0.15, -0.1) is 0 Å². The number of rotatable bonds is 9. The molecule has 1 saturated heterocycles. The van der Waals surface area contributed by atoms with E-state index in [1.165, 1.54) is 18.4 Å². The van der Waals surface area contributed by atoms with Crippen molar-refractivity contribution in [2.45, 2.75) is 39.5 Å². The summed E-state index contributed by atoms with van der Waals surface area (Å²) in [7, 11) is 0. The van der Waals surface area contributed by atoms with Gasteiger partial charge in [-0.05, 0) is 74.3 Å². The molecule has 4 heterocycles. The van der Waals surface area contributed by atoms with Gasteiger partial charge < -0.3 is 23.4 Å². The summed E-state index contributed by atoms with van der Waals surface area (Å²) in [5.74, 6) is 3.37. The number of furan rings is 2. The van der Waals surface area contributed by atoms with Crippen molar-refractivity contribution >= 4 is 21.9 Å². The van der Waals surface area contributed by atoms with E-state index in [-0.39, 0.29) is 6.61 Å². The Labute approximate surface area is 221 Å². The summed E-state index contributed by atoms with van der Waals surface area (Å²) >= 11 is 0. The molecule has 0 bridgehead atoms. The maximum absolute atomic E-state index is 9.31. The van der Waals surface area contributed by atoms with Gasteiger partial charge >= 0.3 is 0 Å². The highest BCUT2D eigenvalue weighted by molar-refractivity contribution is 5.88. The van der Waals surface area contributed by atoms with Crippen LogP contribution >= 0.6 is 0 Å². The number of aliphatic hydroxyl groups excluding tert-OH is 1. The van der Waals surface area contributed by atoms with Gasteiger partial charge in [0.25, 0.3) is 0 Å². The first-order valence-corrected chi connectivity index (χ1v) is 13.2. The number of aliphatic hydroxyl groups is 1. The third-order valence-electron chi connectivity index (χ3n) is 7.29. The van der Waals surface area contributed by atoms with Gasteiger partial charge in [-0.3, -0.25) is 9.88 Å². The molecule has 6 rings (SSSR count). The Kier molecular flexibility index (Phi) is 7.03. The molecular weight excluding hydrogens is 480 g/mol. The van der Waals surface area contributed by atoms with Crippen LogP contribution in [0.5, 0.6) is 11.5 Å². The van der Waals surface area contributed by atoms with E-state index in [0.29, 0.717) is 30.6 Å². The fourth-order valence-corrected chi connectivity index (χ4v) is 5.35. The second kappa shape index (κ2) is 10.9. The maximum atomic E-state index is 9.31. The summed E-state index contributed by atoms with van der Waals surface area (Å²) in [5.41, 5.74) is 3.81. The molecule has 2 aromatic carbocycles. The zero-order valence-corrected chi connectivity index (χ0v) is 21.6.